The third kappa shape index (κ3) is 3.45. The molecular weight excluding hydrogens is 330 g/mol. The molecule has 0 amide bonds. The van der Waals surface area contributed by atoms with Gasteiger partial charge in [0.05, 0.1) is 17.2 Å². The zero-order valence-electron chi connectivity index (χ0n) is 11.0. The lowest BCUT2D eigenvalue weighted by atomic mass is 10.2. The lowest BCUT2D eigenvalue weighted by Crippen LogP contribution is -2.00. The van der Waals surface area contributed by atoms with Crippen molar-refractivity contribution in [3.63, 3.8) is 0 Å². The number of benzene rings is 1. The molecule has 1 aromatic heterocycles. The van der Waals surface area contributed by atoms with Gasteiger partial charge in [0.2, 0.25) is 6.79 Å². The Labute approximate surface area is 133 Å². The summed E-state index contributed by atoms with van der Waals surface area (Å²) in [6.07, 6.45) is 0. The van der Waals surface area contributed by atoms with Crippen molar-refractivity contribution in [2.75, 3.05) is 12.5 Å². The number of aromatic nitrogens is 1. The summed E-state index contributed by atoms with van der Waals surface area (Å²) in [5.74, 6) is 2.15. The Bertz CT molecular complexity index is 714. The Morgan fingerprint density at radius 1 is 1.43 bits per heavy atom. The van der Waals surface area contributed by atoms with E-state index in [1.807, 2.05) is 23.6 Å². The van der Waals surface area contributed by atoms with E-state index in [2.05, 4.69) is 11.6 Å². The number of thiazole rings is 1. The monoisotopic (exact) mass is 341 g/mol. The van der Waals surface area contributed by atoms with E-state index in [9.17, 15) is 4.21 Å². The molecule has 0 saturated heterocycles. The van der Waals surface area contributed by atoms with Crippen molar-refractivity contribution in [3.8, 4) is 22.1 Å². The van der Waals surface area contributed by atoms with E-state index in [1.54, 1.807) is 0 Å². The molecule has 1 aliphatic heterocycles. The SMILES string of the molecule is C=C(Cl)C[S@](=O)Cc1csc(-c2ccc3c(c2)OCO3)n1. The summed E-state index contributed by atoms with van der Waals surface area (Å²) in [5, 5.41) is 3.18. The minimum absolute atomic E-state index is 0.253. The maximum absolute atomic E-state index is 11.8. The van der Waals surface area contributed by atoms with E-state index >= 15 is 0 Å². The molecule has 1 aliphatic rings. The summed E-state index contributed by atoms with van der Waals surface area (Å²) in [6.45, 7) is 3.80. The first-order chi connectivity index (χ1) is 10.1. The van der Waals surface area contributed by atoms with Crippen LogP contribution in [0, 0.1) is 0 Å². The molecule has 2 heterocycles. The van der Waals surface area contributed by atoms with Crippen LogP contribution in [0.5, 0.6) is 11.5 Å². The Kier molecular flexibility index (Phi) is 4.28. The van der Waals surface area contributed by atoms with E-state index in [0.29, 0.717) is 16.5 Å². The first-order valence-corrected chi connectivity index (χ1v) is 8.89. The van der Waals surface area contributed by atoms with E-state index in [-0.39, 0.29) is 6.79 Å². The number of hydrogen-bond donors (Lipinski definition) is 0. The second-order valence-corrected chi connectivity index (χ2v) is 7.31. The minimum atomic E-state index is -1.08. The summed E-state index contributed by atoms with van der Waals surface area (Å²) in [6, 6.07) is 5.71. The standard InChI is InChI=1S/C14H12ClNO3S2/c1-9(15)6-21(17)7-11-5-20-14(16-11)10-2-3-12-13(4-10)19-8-18-12/h2-5H,1,6-8H2/t21-/m0/s1. The summed E-state index contributed by atoms with van der Waals surface area (Å²) in [7, 11) is -1.08. The van der Waals surface area contributed by atoms with Crippen LogP contribution in [0.4, 0.5) is 0 Å². The van der Waals surface area contributed by atoms with Gasteiger partial charge in [-0.3, -0.25) is 4.21 Å². The van der Waals surface area contributed by atoms with Crippen LogP contribution in [0.3, 0.4) is 0 Å². The van der Waals surface area contributed by atoms with Gasteiger partial charge in [-0.1, -0.05) is 18.2 Å². The number of nitrogens with zero attached hydrogens (tertiary/aromatic N) is 1. The van der Waals surface area contributed by atoms with Gasteiger partial charge < -0.3 is 9.47 Å². The number of fused-ring (bicyclic) bond motifs is 1. The highest BCUT2D eigenvalue weighted by atomic mass is 35.5. The predicted octanol–water partition coefficient (Wildman–Crippen LogP) is 3.54. The number of ether oxygens (including phenoxy) is 2. The molecule has 0 spiro atoms. The second kappa shape index (κ2) is 6.17. The van der Waals surface area contributed by atoms with Crippen LogP contribution in [0.25, 0.3) is 10.6 Å². The van der Waals surface area contributed by atoms with Crippen molar-refractivity contribution >= 4 is 33.7 Å². The third-order valence-corrected chi connectivity index (χ3v) is 5.32. The molecule has 0 fully saturated rings. The molecule has 0 saturated carbocycles. The van der Waals surface area contributed by atoms with Gasteiger partial charge in [-0.05, 0) is 18.2 Å². The summed E-state index contributed by atoms with van der Waals surface area (Å²) < 4.78 is 22.5. The lowest BCUT2D eigenvalue weighted by Gasteiger charge is -1.99. The fourth-order valence-electron chi connectivity index (χ4n) is 1.93. The highest BCUT2D eigenvalue weighted by Gasteiger charge is 2.15. The van der Waals surface area contributed by atoms with E-state index in [4.69, 9.17) is 21.1 Å². The first-order valence-electron chi connectivity index (χ1n) is 6.14. The molecule has 3 rings (SSSR count). The van der Waals surface area contributed by atoms with Crippen LogP contribution in [0.15, 0.2) is 35.2 Å². The zero-order valence-corrected chi connectivity index (χ0v) is 13.4. The topological polar surface area (TPSA) is 48.4 Å². The second-order valence-electron chi connectivity index (χ2n) is 4.46. The van der Waals surface area contributed by atoms with Gasteiger partial charge in [0.1, 0.15) is 5.01 Å². The van der Waals surface area contributed by atoms with Crippen LogP contribution < -0.4 is 9.47 Å². The smallest absolute Gasteiger partial charge is 0.231 e. The van der Waals surface area contributed by atoms with Crippen LogP contribution in [-0.4, -0.2) is 21.7 Å². The van der Waals surface area contributed by atoms with Gasteiger partial charge in [0.25, 0.3) is 0 Å². The van der Waals surface area contributed by atoms with Gasteiger partial charge in [-0.25, -0.2) is 4.98 Å². The largest absolute Gasteiger partial charge is 0.454 e. The molecule has 0 radical (unpaired) electrons. The average molecular weight is 342 g/mol. The van der Waals surface area contributed by atoms with Crippen molar-refractivity contribution < 1.29 is 13.7 Å². The Morgan fingerprint density at radius 3 is 3.05 bits per heavy atom. The van der Waals surface area contributed by atoms with Gasteiger partial charge >= 0.3 is 0 Å². The van der Waals surface area contributed by atoms with Crippen molar-refractivity contribution in [1.82, 2.24) is 4.98 Å². The van der Waals surface area contributed by atoms with Crippen molar-refractivity contribution in [2.45, 2.75) is 5.75 Å². The summed E-state index contributed by atoms with van der Waals surface area (Å²) in [4.78, 5) is 4.51. The maximum Gasteiger partial charge on any atom is 0.231 e. The van der Waals surface area contributed by atoms with E-state index in [1.165, 1.54) is 11.3 Å². The van der Waals surface area contributed by atoms with Crippen molar-refractivity contribution in [1.29, 1.82) is 0 Å². The van der Waals surface area contributed by atoms with Gasteiger partial charge in [0, 0.05) is 26.8 Å². The molecule has 0 bridgehead atoms. The Balaban J connectivity index is 1.75. The quantitative estimate of drug-likeness (QED) is 0.834. The van der Waals surface area contributed by atoms with Gasteiger partial charge in [-0.15, -0.1) is 11.3 Å². The van der Waals surface area contributed by atoms with Crippen LogP contribution in [-0.2, 0) is 16.6 Å². The number of halogens is 1. The predicted molar refractivity (Wildman–Crippen MR) is 85.4 cm³/mol. The average Bonchev–Trinajstić information content (AvgIpc) is 3.04. The van der Waals surface area contributed by atoms with Crippen molar-refractivity contribution in [3.05, 3.63) is 40.9 Å². The normalized spacial score (nSPS) is 14.1. The van der Waals surface area contributed by atoms with Gasteiger partial charge in [-0.2, -0.15) is 0 Å². The maximum atomic E-state index is 11.8. The number of hydrogen-bond acceptors (Lipinski definition) is 5. The van der Waals surface area contributed by atoms with E-state index < -0.39 is 10.8 Å². The molecule has 0 aliphatic carbocycles. The molecule has 7 heteroatoms. The molecule has 0 unspecified atom stereocenters. The molecule has 2 aromatic rings. The molecule has 1 atom stereocenters. The highest BCUT2D eigenvalue weighted by Crippen LogP contribution is 2.36. The van der Waals surface area contributed by atoms with E-state index in [0.717, 1.165) is 27.8 Å². The fourth-order valence-corrected chi connectivity index (χ4v) is 4.14. The molecule has 4 nitrogen and oxygen atoms in total. The third-order valence-electron chi connectivity index (χ3n) is 2.80. The summed E-state index contributed by atoms with van der Waals surface area (Å²) >= 11 is 7.17. The Hall–Kier alpha value is -1.37. The summed E-state index contributed by atoms with van der Waals surface area (Å²) in [5.41, 5.74) is 1.76. The zero-order chi connectivity index (χ0) is 14.8. The molecule has 1 aromatic carbocycles. The molecule has 110 valence electrons. The Morgan fingerprint density at radius 2 is 2.24 bits per heavy atom. The molecule has 21 heavy (non-hydrogen) atoms. The molecule has 0 N–H and O–H groups in total. The van der Waals surface area contributed by atoms with Gasteiger partial charge in [0.15, 0.2) is 11.5 Å². The highest BCUT2D eigenvalue weighted by molar-refractivity contribution is 7.84. The fraction of sp³-hybridized carbons (Fsp3) is 0.214. The first kappa shape index (κ1) is 14.6. The lowest BCUT2D eigenvalue weighted by molar-refractivity contribution is 0.174. The van der Waals surface area contributed by atoms with Crippen LogP contribution >= 0.6 is 22.9 Å². The number of rotatable bonds is 5. The van der Waals surface area contributed by atoms with Crippen LogP contribution in [0.1, 0.15) is 5.69 Å². The minimum Gasteiger partial charge on any atom is -0.454 e. The van der Waals surface area contributed by atoms with Crippen molar-refractivity contribution in [2.24, 2.45) is 0 Å². The molecular formula is C14H12ClNO3S2. The van der Waals surface area contributed by atoms with Crippen LogP contribution in [0.2, 0.25) is 0 Å².